The van der Waals surface area contributed by atoms with Gasteiger partial charge in [-0.15, -0.1) is 0 Å². The number of carbonyl (C=O) groups excluding carboxylic acids is 1. The first-order valence-electron chi connectivity index (χ1n) is 7.33. The smallest absolute Gasteiger partial charge is 0.290 e. The van der Waals surface area contributed by atoms with Gasteiger partial charge in [0.15, 0.2) is 0 Å². The molecule has 0 bridgehead atoms. The Morgan fingerprint density at radius 3 is 3.05 bits per heavy atom. The van der Waals surface area contributed by atoms with Crippen molar-refractivity contribution in [2.24, 2.45) is 0 Å². The van der Waals surface area contributed by atoms with Crippen LogP contribution in [0.4, 0.5) is 0 Å². The average molecular weight is 288 g/mol. The summed E-state index contributed by atoms with van der Waals surface area (Å²) in [5.74, 6) is 1.44. The molecule has 1 N–H and O–H groups in total. The maximum absolute atomic E-state index is 12.2. The molecule has 2 aromatic rings. The zero-order valence-electron chi connectivity index (χ0n) is 12.6. The maximum atomic E-state index is 12.2. The summed E-state index contributed by atoms with van der Waals surface area (Å²) in [5, 5.41) is 6.93. The predicted molar refractivity (Wildman–Crippen MR) is 77.1 cm³/mol. The van der Waals surface area contributed by atoms with Crippen molar-refractivity contribution < 1.29 is 9.32 Å². The van der Waals surface area contributed by atoms with Crippen LogP contribution in [0, 0.1) is 6.92 Å². The van der Waals surface area contributed by atoms with Crippen LogP contribution >= 0.6 is 0 Å². The lowest BCUT2D eigenvalue weighted by Crippen LogP contribution is -2.40. The summed E-state index contributed by atoms with van der Waals surface area (Å²) >= 11 is 0. The number of aromatic nitrogens is 3. The van der Waals surface area contributed by atoms with E-state index in [1.54, 1.807) is 6.07 Å². The molecule has 0 saturated heterocycles. The van der Waals surface area contributed by atoms with Crippen molar-refractivity contribution in [3.63, 3.8) is 0 Å². The van der Waals surface area contributed by atoms with Gasteiger partial charge in [0.25, 0.3) is 5.91 Å². The van der Waals surface area contributed by atoms with Crippen molar-refractivity contribution in [3.8, 4) is 0 Å². The molecule has 3 heterocycles. The predicted octanol–water partition coefficient (Wildman–Crippen LogP) is 2.05. The fourth-order valence-electron chi connectivity index (χ4n) is 2.63. The lowest BCUT2D eigenvalue weighted by molar-refractivity contribution is 0.0890. The minimum Gasteiger partial charge on any atom is -0.351 e. The number of nitrogens with zero attached hydrogens (tertiary/aromatic N) is 3. The maximum Gasteiger partial charge on any atom is 0.290 e. The third-order valence-electron chi connectivity index (χ3n) is 3.79. The van der Waals surface area contributed by atoms with Crippen LogP contribution in [0.5, 0.6) is 0 Å². The Morgan fingerprint density at radius 2 is 2.33 bits per heavy atom. The average Bonchev–Trinajstić information content (AvgIpc) is 3.03. The molecule has 0 radical (unpaired) electrons. The van der Waals surface area contributed by atoms with Crippen molar-refractivity contribution in [2.45, 2.75) is 52.1 Å². The van der Waals surface area contributed by atoms with E-state index in [0.29, 0.717) is 0 Å². The number of hydrogen-bond donors (Lipinski definition) is 1. The van der Waals surface area contributed by atoms with E-state index in [2.05, 4.69) is 20.0 Å². The van der Waals surface area contributed by atoms with E-state index < -0.39 is 0 Å². The Kier molecular flexibility index (Phi) is 3.53. The highest BCUT2D eigenvalue weighted by molar-refractivity contribution is 5.91. The number of nitrogens with one attached hydrogen (secondary N) is 1. The van der Waals surface area contributed by atoms with Crippen molar-refractivity contribution in [2.75, 3.05) is 0 Å². The molecule has 0 spiro atoms. The summed E-state index contributed by atoms with van der Waals surface area (Å²) < 4.78 is 7.24. The van der Waals surface area contributed by atoms with E-state index in [0.717, 1.165) is 36.6 Å². The largest absolute Gasteiger partial charge is 0.351 e. The second-order valence-electron chi connectivity index (χ2n) is 5.93. The quantitative estimate of drug-likeness (QED) is 0.938. The Balaban J connectivity index is 1.65. The van der Waals surface area contributed by atoms with Gasteiger partial charge in [-0.1, -0.05) is 19.0 Å². The number of rotatable bonds is 3. The van der Waals surface area contributed by atoms with Gasteiger partial charge in [0.1, 0.15) is 5.82 Å². The Hall–Kier alpha value is -2.11. The highest BCUT2D eigenvalue weighted by atomic mass is 16.5. The van der Waals surface area contributed by atoms with E-state index in [-0.39, 0.29) is 23.6 Å². The standard InChI is InChI=1S/C15H20N4O2/c1-9(2)12-6-13(21-18-12)15(20)17-11-4-5-14-16-10(3)7-19(14)8-11/h6-7,9,11H,4-5,8H2,1-3H3,(H,17,20)/t11-/m1/s1. The molecule has 0 saturated carbocycles. The molecule has 1 aliphatic heterocycles. The lowest BCUT2D eigenvalue weighted by atomic mass is 10.1. The first kappa shape index (κ1) is 13.9. The van der Waals surface area contributed by atoms with Gasteiger partial charge in [0.05, 0.1) is 11.4 Å². The Bertz CT molecular complexity index is 656. The summed E-state index contributed by atoms with van der Waals surface area (Å²) in [4.78, 5) is 16.7. The monoisotopic (exact) mass is 288 g/mol. The molecule has 1 amide bonds. The van der Waals surface area contributed by atoms with Crippen LogP contribution in [0.3, 0.4) is 0 Å². The number of hydrogen-bond acceptors (Lipinski definition) is 4. The van der Waals surface area contributed by atoms with Gasteiger partial charge >= 0.3 is 0 Å². The highest BCUT2D eigenvalue weighted by Gasteiger charge is 2.23. The molecule has 6 heteroatoms. The minimum absolute atomic E-state index is 0.103. The number of carbonyl (C=O) groups is 1. The molecular formula is C15H20N4O2. The molecule has 0 unspecified atom stereocenters. The zero-order chi connectivity index (χ0) is 15.0. The third-order valence-corrected chi connectivity index (χ3v) is 3.79. The highest BCUT2D eigenvalue weighted by Crippen LogP contribution is 2.17. The second-order valence-corrected chi connectivity index (χ2v) is 5.93. The topological polar surface area (TPSA) is 73.0 Å². The normalized spacial score (nSPS) is 17.8. The minimum atomic E-state index is -0.195. The van der Waals surface area contributed by atoms with Crippen molar-refractivity contribution >= 4 is 5.91 Å². The summed E-state index contributed by atoms with van der Waals surface area (Å²) in [5.41, 5.74) is 1.82. The molecular weight excluding hydrogens is 268 g/mol. The van der Waals surface area contributed by atoms with Crippen molar-refractivity contribution in [1.82, 2.24) is 20.0 Å². The van der Waals surface area contributed by atoms with Gasteiger partial charge in [-0.3, -0.25) is 4.79 Å². The van der Waals surface area contributed by atoms with Crippen molar-refractivity contribution in [3.05, 3.63) is 35.2 Å². The van der Waals surface area contributed by atoms with Crippen LogP contribution in [0.25, 0.3) is 0 Å². The lowest BCUT2D eigenvalue weighted by Gasteiger charge is -2.24. The summed E-state index contributed by atoms with van der Waals surface area (Å²) in [6.45, 7) is 6.78. The van der Waals surface area contributed by atoms with E-state index >= 15 is 0 Å². The van der Waals surface area contributed by atoms with Crippen LogP contribution in [-0.4, -0.2) is 26.7 Å². The number of imidazole rings is 1. The van der Waals surface area contributed by atoms with E-state index in [4.69, 9.17) is 4.52 Å². The fourth-order valence-corrected chi connectivity index (χ4v) is 2.63. The Morgan fingerprint density at radius 1 is 1.52 bits per heavy atom. The van der Waals surface area contributed by atoms with Gasteiger partial charge in [-0.25, -0.2) is 4.98 Å². The van der Waals surface area contributed by atoms with Crippen LogP contribution in [0.15, 0.2) is 16.8 Å². The summed E-state index contributed by atoms with van der Waals surface area (Å²) in [6, 6.07) is 1.82. The molecule has 21 heavy (non-hydrogen) atoms. The molecule has 0 fully saturated rings. The first-order chi connectivity index (χ1) is 10.0. The van der Waals surface area contributed by atoms with Crippen molar-refractivity contribution in [1.29, 1.82) is 0 Å². The van der Waals surface area contributed by atoms with Crippen LogP contribution in [0.1, 0.15) is 54.0 Å². The molecule has 1 atom stereocenters. The number of aryl methyl sites for hydroxylation is 2. The number of amides is 1. The molecule has 2 aromatic heterocycles. The van der Waals surface area contributed by atoms with E-state index in [9.17, 15) is 4.79 Å². The number of fused-ring (bicyclic) bond motifs is 1. The molecule has 6 nitrogen and oxygen atoms in total. The zero-order valence-corrected chi connectivity index (χ0v) is 12.6. The van der Waals surface area contributed by atoms with Gasteiger partial charge < -0.3 is 14.4 Å². The fraction of sp³-hybridized carbons (Fsp3) is 0.533. The van der Waals surface area contributed by atoms with Crippen LogP contribution in [0.2, 0.25) is 0 Å². The van der Waals surface area contributed by atoms with Gasteiger partial charge in [0, 0.05) is 31.3 Å². The first-order valence-corrected chi connectivity index (χ1v) is 7.33. The molecule has 3 rings (SSSR count). The van der Waals surface area contributed by atoms with Crippen LogP contribution in [-0.2, 0) is 13.0 Å². The van der Waals surface area contributed by atoms with E-state index in [1.165, 1.54) is 0 Å². The molecule has 112 valence electrons. The van der Waals surface area contributed by atoms with Gasteiger partial charge in [0.2, 0.25) is 5.76 Å². The SMILES string of the molecule is Cc1cn2c(n1)CC[C@@H](NC(=O)c1cc(C(C)C)no1)C2. The third kappa shape index (κ3) is 2.84. The Labute approximate surface area is 123 Å². The van der Waals surface area contributed by atoms with Gasteiger partial charge in [-0.05, 0) is 19.3 Å². The summed E-state index contributed by atoms with van der Waals surface area (Å²) in [6.07, 6.45) is 3.80. The molecule has 0 aromatic carbocycles. The second kappa shape index (κ2) is 5.35. The summed E-state index contributed by atoms with van der Waals surface area (Å²) in [7, 11) is 0. The van der Waals surface area contributed by atoms with Gasteiger partial charge in [-0.2, -0.15) is 0 Å². The molecule has 1 aliphatic rings. The molecule has 0 aliphatic carbocycles. The van der Waals surface area contributed by atoms with E-state index in [1.807, 2.05) is 27.0 Å². The van der Waals surface area contributed by atoms with Crippen LogP contribution < -0.4 is 5.32 Å².